The molecule has 0 radical (unpaired) electrons. The fourth-order valence-electron chi connectivity index (χ4n) is 3.24. The summed E-state index contributed by atoms with van der Waals surface area (Å²) < 4.78 is 36.7. The fraction of sp³-hybridized carbons (Fsp3) is 0.278. The molecule has 0 saturated carbocycles. The van der Waals surface area contributed by atoms with Crippen molar-refractivity contribution in [2.24, 2.45) is 7.05 Å². The molecular weight excluding hydrogens is 444 g/mol. The third-order valence-electron chi connectivity index (χ3n) is 4.83. The molecule has 3 heterocycles. The van der Waals surface area contributed by atoms with E-state index in [0.29, 0.717) is 28.6 Å². The number of carbonyl (C=O) groups excluding carboxylic acids is 1. The van der Waals surface area contributed by atoms with Crippen LogP contribution in [0, 0.1) is 5.82 Å². The van der Waals surface area contributed by atoms with Crippen molar-refractivity contribution in [1.82, 2.24) is 25.2 Å². The van der Waals surface area contributed by atoms with Crippen molar-refractivity contribution in [3.63, 3.8) is 0 Å². The summed E-state index contributed by atoms with van der Waals surface area (Å²) in [6.45, 7) is -0.139. The highest BCUT2D eigenvalue weighted by atomic mass is 31.1. The summed E-state index contributed by atoms with van der Waals surface area (Å²) in [5, 5.41) is 11.3. The highest BCUT2D eigenvalue weighted by Gasteiger charge is 2.33. The van der Waals surface area contributed by atoms with E-state index in [-0.39, 0.29) is 13.2 Å². The van der Waals surface area contributed by atoms with Crippen molar-refractivity contribution in [3.8, 4) is 11.1 Å². The van der Waals surface area contributed by atoms with Crippen LogP contribution in [0.5, 0.6) is 0 Å². The first kappa shape index (κ1) is 21.8. The zero-order valence-corrected chi connectivity index (χ0v) is 18.0. The summed E-state index contributed by atoms with van der Waals surface area (Å²) in [5.74, 6) is 0.520. The van der Waals surface area contributed by atoms with Gasteiger partial charge < -0.3 is 14.2 Å². The number of halogens is 1. The smallest absolute Gasteiger partial charge is 0.414 e. The SMILES string of the molecule is CN(c1ccc(-c2ccc(N3C[C@H](CO[PH](=O)O)OC3=O)cc2F)cn1)c1nnnn1C. The molecule has 2 aromatic heterocycles. The number of pyridine rings is 1. The van der Waals surface area contributed by atoms with E-state index in [1.807, 2.05) is 0 Å². The van der Waals surface area contributed by atoms with Gasteiger partial charge in [0.25, 0.3) is 5.95 Å². The molecular formula is C18H19FN7O5P. The molecule has 4 rings (SSSR count). The molecule has 1 aliphatic rings. The summed E-state index contributed by atoms with van der Waals surface area (Å²) in [5.41, 5.74) is 1.15. The number of anilines is 3. The lowest BCUT2D eigenvalue weighted by atomic mass is 10.1. The average molecular weight is 463 g/mol. The van der Waals surface area contributed by atoms with Gasteiger partial charge in [0.05, 0.1) is 18.8 Å². The molecule has 1 N–H and O–H groups in total. The highest BCUT2D eigenvalue weighted by molar-refractivity contribution is 7.32. The van der Waals surface area contributed by atoms with Crippen LogP contribution in [0.2, 0.25) is 0 Å². The van der Waals surface area contributed by atoms with E-state index in [1.165, 1.54) is 21.8 Å². The summed E-state index contributed by atoms with van der Waals surface area (Å²) in [6.07, 6.45) is 0.127. The molecule has 1 aliphatic heterocycles. The Hall–Kier alpha value is -3.41. The van der Waals surface area contributed by atoms with Gasteiger partial charge in [0, 0.05) is 31.4 Å². The van der Waals surface area contributed by atoms with Gasteiger partial charge in [-0.25, -0.2) is 18.9 Å². The summed E-state index contributed by atoms with van der Waals surface area (Å²) >= 11 is 0. The number of hydrogen-bond acceptors (Lipinski definition) is 9. The van der Waals surface area contributed by atoms with Gasteiger partial charge in [-0.1, -0.05) is 5.10 Å². The molecule has 14 heteroatoms. The molecule has 0 aliphatic carbocycles. The lowest BCUT2D eigenvalue weighted by Crippen LogP contribution is -2.25. The van der Waals surface area contributed by atoms with E-state index in [1.54, 1.807) is 43.3 Å². The zero-order chi connectivity index (χ0) is 22.8. The largest absolute Gasteiger partial charge is 0.441 e. The quantitative estimate of drug-likeness (QED) is 0.518. The van der Waals surface area contributed by atoms with Gasteiger partial charge >= 0.3 is 14.3 Å². The van der Waals surface area contributed by atoms with Crippen LogP contribution in [-0.2, 0) is 20.9 Å². The van der Waals surface area contributed by atoms with Crippen LogP contribution < -0.4 is 9.80 Å². The van der Waals surface area contributed by atoms with Crippen LogP contribution in [0.25, 0.3) is 11.1 Å². The van der Waals surface area contributed by atoms with Crippen molar-refractivity contribution in [2.45, 2.75) is 6.10 Å². The number of hydrogen-bond donors (Lipinski definition) is 1. The summed E-state index contributed by atoms with van der Waals surface area (Å²) in [4.78, 5) is 28.1. The third kappa shape index (κ3) is 4.44. The number of benzene rings is 1. The van der Waals surface area contributed by atoms with E-state index < -0.39 is 26.3 Å². The molecule has 0 spiro atoms. The monoisotopic (exact) mass is 463 g/mol. The number of amides is 1. The Kier molecular flexibility index (Phi) is 6.12. The second-order valence-electron chi connectivity index (χ2n) is 6.92. The van der Waals surface area contributed by atoms with E-state index in [2.05, 4.69) is 25.0 Å². The molecule has 1 unspecified atom stereocenters. The van der Waals surface area contributed by atoms with E-state index in [4.69, 9.17) is 9.63 Å². The molecule has 3 aromatic rings. The lowest BCUT2D eigenvalue weighted by Gasteiger charge is -2.16. The minimum Gasteiger partial charge on any atom is -0.441 e. The van der Waals surface area contributed by atoms with Crippen LogP contribution in [0.1, 0.15) is 0 Å². The minimum absolute atomic E-state index is 0.0757. The third-order valence-corrected chi connectivity index (χ3v) is 5.25. The molecule has 32 heavy (non-hydrogen) atoms. The van der Waals surface area contributed by atoms with Crippen LogP contribution in [0.4, 0.5) is 26.6 Å². The Morgan fingerprint density at radius 3 is 2.81 bits per heavy atom. The van der Waals surface area contributed by atoms with Gasteiger partial charge in [-0.3, -0.25) is 14.4 Å². The van der Waals surface area contributed by atoms with Crippen LogP contribution in [-0.4, -0.2) is 62.5 Å². The fourth-order valence-corrected chi connectivity index (χ4v) is 3.57. The molecule has 168 valence electrons. The first-order valence-electron chi connectivity index (χ1n) is 9.39. The number of nitrogens with zero attached hydrogens (tertiary/aromatic N) is 7. The standard InChI is InChI=1S/C18H19FN7O5P/c1-24(17-21-22-23-25(17)2)16-6-3-11(8-20-16)14-5-4-12(7-15(14)19)26-9-13(31-18(26)27)10-30-32(28)29/h3-8,13,32H,9-10H2,1-2H3,(H,28,29)/t13-/m1/s1. The average Bonchev–Trinajstić information content (AvgIpc) is 3.37. The Bertz CT molecular complexity index is 1160. The normalized spacial score (nSPS) is 16.8. The molecule has 1 fully saturated rings. The number of aromatic nitrogens is 5. The van der Waals surface area contributed by atoms with Gasteiger partial charge in [-0.05, 0) is 40.8 Å². The van der Waals surface area contributed by atoms with Gasteiger partial charge in [0.15, 0.2) is 0 Å². The first-order valence-corrected chi connectivity index (χ1v) is 10.7. The molecule has 0 bridgehead atoms. The number of aryl methyl sites for hydroxylation is 1. The molecule has 1 aromatic carbocycles. The number of tetrazole rings is 1. The van der Waals surface area contributed by atoms with Crippen LogP contribution >= 0.6 is 8.25 Å². The lowest BCUT2D eigenvalue weighted by molar-refractivity contribution is 0.103. The summed E-state index contributed by atoms with van der Waals surface area (Å²) in [6, 6.07) is 7.78. The Morgan fingerprint density at radius 2 is 2.19 bits per heavy atom. The molecule has 1 saturated heterocycles. The van der Waals surface area contributed by atoms with Gasteiger partial charge in [0.2, 0.25) is 0 Å². The zero-order valence-electron chi connectivity index (χ0n) is 17.0. The van der Waals surface area contributed by atoms with Gasteiger partial charge in [-0.15, -0.1) is 0 Å². The number of cyclic esters (lactones) is 1. The molecule has 2 atom stereocenters. The van der Waals surface area contributed by atoms with E-state index in [0.717, 1.165) is 0 Å². The van der Waals surface area contributed by atoms with Crippen molar-refractivity contribution >= 4 is 31.8 Å². The van der Waals surface area contributed by atoms with Crippen LogP contribution in [0.3, 0.4) is 0 Å². The Balaban J connectivity index is 1.49. The topological polar surface area (TPSA) is 136 Å². The minimum atomic E-state index is -3.13. The Labute approximate surface area is 182 Å². The predicted molar refractivity (Wildman–Crippen MR) is 111 cm³/mol. The van der Waals surface area contributed by atoms with Crippen molar-refractivity contribution < 1.29 is 27.9 Å². The predicted octanol–water partition coefficient (Wildman–Crippen LogP) is 1.90. The van der Waals surface area contributed by atoms with E-state index >= 15 is 0 Å². The second-order valence-corrected chi connectivity index (χ2v) is 7.74. The maximum atomic E-state index is 14.9. The van der Waals surface area contributed by atoms with E-state index in [9.17, 15) is 13.8 Å². The maximum absolute atomic E-state index is 14.9. The second kappa shape index (κ2) is 8.99. The van der Waals surface area contributed by atoms with Crippen molar-refractivity contribution in [1.29, 1.82) is 0 Å². The van der Waals surface area contributed by atoms with Crippen molar-refractivity contribution in [2.75, 3.05) is 30.0 Å². The Morgan fingerprint density at radius 1 is 1.38 bits per heavy atom. The number of rotatable bonds is 7. The van der Waals surface area contributed by atoms with Gasteiger partial charge in [0.1, 0.15) is 17.7 Å². The number of ether oxygens (including phenoxy) is 1. The molecule has 1 amide bonds. The van der Waals surface area contributed by atoms with Crippen LogP contribution in [0.15, 0.2) is 36.5 Å². The molecule has 12 nitrogen and oxygen atoms in total. The maximum Gasteiger partial charge on any atom is 0.414 e. The summed E-state index contributed by atoms with van der Waals surface area (Å²) in [7, 11) is 0.339. The first-order chi connectivity index (χ1) is 15.3. The van der Waals surface area contributed by atoms with Crippen molar-refractivity contribution in [3.05, 3.63) is 42.3 Å². The highest BCUT2D eigenvalue weighted by Crippen LogP contribution is 2.30. The number of carbonyl (C=O) groups is 1. The van der Waals surface area contributed by atoms with Gasteiger partial charge in [-0.2, -0.15) is 0 Å².